The van der Waals surface area contributed by atoms with Crippen molar-refractivity contribution in [1.82, 2.24) is 5.32 Å². The molecule has 88 valence electrons. The first-order chi connectivity index (χ1) is 7.53. The van der Waals surface area contributed by atoms with E-state index in [1.54, 1.807) is 6.07 Å². The zero-order chi connectivity index (χ0) is 11.8. The summed E-state index contributed by atoms with van der Waals surface area (Å²) in [5, 5.41) is 3.51. The molecule has 0 spiro atoms. The Morgan fingerprint density at radius 2 is 2.12 bits per heavy atom. The van der Waals surface area contributed by atoms with Crippen molar-refractivity contribution in [3.63, 3.8) is 0 Å². The van der Waals surface area contributed by atoms with Gasteiger partial charge in [0, 0.05) is 5.54 Å². The maximum atomic E-state index is 13.6. The molecule has 0 aliphatic carbocycles. The van der Waals surface area contributed by atoms with Crippen molar-refractivity contribution in [2.45, 2.75) is 45.1 Å². The number of rotatable bonds is 2. The second-order valence-corrected chi connectivity index (χ2v) is 5.25. The van der Waals surface area contributed by atoms with Crippen LogP contribution in [0.15, 0.2) is 18.2 Å². The van der Waals surface area contributed by atoms with Gasteiger partial charge in [-0.1, -0.05) is 26.0 Å². The van der Waals surface area contributed by atoms with Gasteiger partial charge in [0.05, 0.1) is 0 Å². The van der Waals surface area contributed by atoms with Crippen molar-refractivity contribution in [2.75, 3.05) is 6.54 Å². The van der Waals surface area contributed by atoms with Crippen molar-refractivity contribution in [1.29, 1.82) is 0 Å². The van der Waals surface area contributed by atoms with Gasteiger partial charge in [0.2, 0.25) is 0 Å². The van der Waals surface area contributed by atoms with Crippen molar-refractivity contribution in [3.05, 3.63) is 35.1 Å². The highest BCUT2D eigenvalue weighted by atomic mass is 19.1. The van der Waals surface area contributed by atoms with Crippen LogP contribution in [0.5, 0.6) is 0 Å². The molecule has 16 heavy (non-hydrogen) atoms. The van der Waals surface area contributed by atoms with Gasteiger partial charge >= 0.3 is 0 Å². The van der Waals surface area contributed by atoms with Crippen LogP contribution in [-0.2, 0) is 5.54 Å². The van der Waals surface area contributed by atoms with Crippen LogP contribution >= 0.6 is 0 Å². The zero-order valence-corrected chi connectivity index (χ0v) is 10.3. The third-order valence-electron chi connectivity index (χ3n) is 3.62. The molecule has 1 heterocycles. The van der Waals surface area contributed by atoms with E-state index in [-0.39, 0.29) is 17.3 Å². The molecule has 1 aromatic carbocycles. The monoisotopic (exact) mass is 221 g/mol. The Morgan fingerprint density at radius 3 is 2.69 bits per heavy atom. The average Bonchev–Trinajstić information content (AvgIpc) is 2.66. The fourth-order valence-corrected chi connectivity index (χ4v) is 2.47. The Hall–Kier alpha value is -0.890. The summed E-state index contributed by atoms with van der Waals surface area (Å²) in [6, 6.07) is 5.55. The van der Waals surface area contributed by atoms with Crippen molar-refractivity contribution >= 4 is 0 Å². The molecule has 2 heteroatoms. The van der Waals surface area contributed by atoms with Gasteiger partial charge in [0.1, 0.15) is 5.82 Å². The van der Waals surface area contributed by atoms with Crippen LogP contribution in [0, 0.1) is 5.82 Å². The van der Waals surface area contributed by atoms with Crippen LogP contribution in [0.4, 0.5) is 4.39 Å². The van der Waals surface area contributed by atoms with Crippen LogP contribution < -0.4 is 5.32 Å². The summed E-state index contributed by atoms with van der Waals surface area (Å²) < 4.78 is 13.6. The smallest absolute Gasteiger partial charge is 0.126 e. The maximum Gasteiger partial charge on any atom is 0.126 e. The summed E-state index contributed by atoms with van der Waals surface area (Å²) in [5.74, 6) is 0.158. The van der Waals surface area contributed by atoms with Gasteiger partial charge in [-0.15, -0.1) is 0 Å². The van der Waals surface area contributed by atoms with E-state index in [0.717, 1.165) is 18.5 Å². The minimum absolute atomic E-state index is 0.0390. The van der Waals surface area contributed by atoms with E-state index in [1.165, 1.54) is 12.0 Å². The van der Waals surface area contributed by atoms with E-state index in [1.807, 2.05) is 26.0 Å². The van der Waals surface area contributed by atoms with Crippen LogP contribution in [0.25, 0.3) is 0 Å². The summed E-state index contributed by atoms with van der Waals surface area (Å²) in [6.07, 6.45) is 2.33. The van der Waals surface area contributed by atoms with Crippen LogP contribution in [0.3, 0.4) is 0 Å². The predicted molar refractivity (Wildman–Crippen MR) is 65.1 cm³/mol. The molecule has 1 aliphatic rings. The third-order valence-corrected chi connectivity index (χ3v) is 3.62. The maximum absolute atomic E-state index is 13.6. The first-order valence-electron chi connectivity index (χ1n) is 6.08. The second-order valence-electron chi connectivity index (χ2n) is 5.25. The average molecular weight is 221 g/mol. The topological polar surface area (TPSA) is 12.0 Å². The molecule has 0 bridgehead atoms. The highest BCUT2D eigenvalue weighted by molar-refractivity contribution is 5.32. The molecular formula is C14H20FN. The molecule has 1 atom stereocenters. The Morgan fingerprint density at radius 1 is 1.38 bits per heavy atom. The second kappa shape index (κ2) is 4.17. The molecule has 1 fully saturated rings. The van der Waals surface area contributed by atoms with Gasteiger partial charge in [0.25, 0.3) is 0 Å². The van der Waals surface area contributed by atoms with Gasteiger partial charge in [-0.3, -0.25) is 0 Å². The summed E-state index contributed by atoms with van der Waals surface area (Å²) in [5.41, 5.74) is 2.08. The third kappa shape index (κ3) is 1.99. The molecular weight excluding hydrogens is 201 g/mol. The standard InChI is InChI=1S/C14H20FN/c1-10(2)12-9-11(5-6-13(12)15)14(3)7-4-8-16-14/h5-6,9-10,16H,4,7-8H2,1-3H3. The fourth-order valence-electron chi connectivity index (χ4n) is 2.47. The van der Waals surface area contributed by atoms with E-state index >= 15 is 0 Å². The number of halogens is 1. The van der Waals surface area contributed by atoms with Crippen LogP contribution in [0.1, 0.15) is 50.7 Å². The molecule has 1 aromatic rings. The van der Waals surface area contributed by atoms with E-state index in [0.29, 0.717) is 0 Å². The highest BCUT2D eigenvalue weighted by Gasteiger charge is 2.30. The largest absolute Gasteiger partial charge is 0.308 e. The number of hydrogen-bond donors (Lipinski definition) is 1. The van der Waals surface area contributed by atoms with Crippen molar-refractivity contribution in [2.24, 2.45) is 0 Å². The number of nitrogens with one attached hydrogen (secondary N) is 1. The van der Waals surface area contributed by atoms with Gasteiger partial charge in [-0.2, -0.15) is 0 Å². The number of hydrogen-bond acceptors (Lipinski definition) is 1. The Labute approximate surface area is 97.1 Å². The summed E-state index contributed by atoms with van der Waals surface area (Å²) in [4.78, 5) is 0. The minimum Gasteiger partial charge on any atom is -0.308 e. The number of benzene rings is 1. The predicted octanol–water partition coefficient (Wildman–Crippen LogP) is 3.55. The van der Waals surface area contributed by atoms with Crippen molar-refractivity contribution in [3.8, 4) is 0 Å². The molecule has 1 nitrogen and oxygen atoms in total. The Kier molecular flexibility index (Phi) is 3.02. The summed E-state index contributed by atoms with van der Waals surface area (Å²) >= 11 is 0. The van der Waals surface area contributed by atoms with Gasteiger partial charge in [0.15, 0.2) is 0 Å². The lowest BCUT2D eigenvalue weighted by atomic mass is 9.87. The lowest BCUT2D eigenvalue weighted by Crippen LogP contribution is -2.33. The molecule has 0 aromatic heterocycles. The Bertz CT molecular complexity index is 378. The van der Waals surface area contributed by atoms with E-state index < -0.39 is 0 Å². The van der Waals surface area contributed by atoms with E-state index in [2.05, 4.69) is 12.2 Å². The minimum atomic E-state index is -0.0830. The van der Waals surface area contributed by atoms with E-state index in [9.17, 15) is 4.39 Å². The van der Waals surface area contributed by atoms with Crippen LogP contribution in [-0.4, -0.2) is 6.54 Å². The quantitative estimate of drug-likeness (QED) is 0.805. The highest BCUT2D eigenvalue weighted by Crippen LogP contribution is 2.32. The molecule has 0 radical (unpaired) electrons. The molecule has 1 saturated heterocycles. The normalized spacial score (nSPS) is 25.3. The van der Waals surface area contributed by atoms with Gasteiger partial charge in [-0.05, 0) is 49.4 Å². The molecule has 0 amide bonds. The summed E-state index contributed by atoms with van der Waals surface area (Å²) in [7, 11) is 0. The molecule has 1 unspecified atom stereocenters. The Balaban J connectivity index is 2.39. The molecule has 1 aliphatic heterocycles. The first kappa shape index (κ1) is 11.6. The fraction of sp³-hybridized carbons (Fsp3) is 0.571. The van der Waals surface area contributed by atoms with Gasteiger partial charge in [-0.25, -0.2) is 4.39 Å². The summed E-state index contributed by atoms with van der Waals surface area (Å²) in [6.45, 7) is 7.33. The van der Waals surface area contributed by atoms with E-state index in [4.69, 9.17) is 0 Å². The molecule has 1 N–H and O–H groups in total. The lowest BCUT2D eigenvalue weighted by Gasteiger charge is -2.26. The lowest BCUT2D eigenvalue weighted by molar-refractivity contribution is 0.432. The molecule has 2 rings (SSSR count). The van der Waals surface area contributed by atoms with Gasteiger partial charge < -0.3 is 5.32 Å². The first-order valence-corrected chi connectivity index (χ1v) is 6.08. The van der Waals surface area contributed by atoms with Crippen molar-refractivity contribution < 1.29 is 4.39 Å². The molecule has 0 saturated carbocycles. The van der Waals surface area contributed by atoms with Crippen LogP contribution in [0.2, 0.25) is 0 Å². The zero-order valence-electron chi connectivity index (χ0n) is 10.3. The SMILES string of the molecule is CC(C)c1cc(C2(C)CCCN2)ccc1F.